The van der Waals surface area contributed by atoms with E-state index >= 15 is 0 Å². The van der Waals surface area contributed by atoms with Crippen LogP contribution < -0.4 is 0 Å². The molecular weight excluding hydrogens is 248 g/mol. The van der Waals surface area contributed by atoms with Crippen molar-refractivity contribution in [3.05, 3.63) is 24.3 Å². The van der Waals surface area contributed by atoms with Gasteiger partial charge in [-0.05, 0) is 50.9 Å². The Hall–Kier alpha value is -0.600. The molecule has 2 heteroatoms. The zero-order chi connectivity index (χ0) is 15.2. The molecule has 2 N–H and O–H groups in total. The Kier molecular flexibility index (Phi) is 6.97. The van der Waals surface area contributed by atoms with Crippen molar-refractivity contribution in [3.63, 3.8) is 0 Å². The molecule has 2 nitrogen and oxygen atoms in total. The van der Waals surface area contributed by atoms with Crippen LogP contribution >= 0.6 is 0 Å². The van der Waals surface area contributed by atoms with Crippen molar-refractivity contribution in [2.45, 2.75) is 72.0 Å². The van der Waals surface area contributed by atoms with Crippen molar-refractivity contribution in [1.82, 2.24) is 0 Å². The maximum atomic E-state index is 9.93. The molecule has 0 aromatic rings. The smallest absolute Gasteiger partial charge is 0.155 e. The first kappa shape index (κ1) is 17.5. The van der Waals surface area contributed by atoms with Gasteiger partial charge in [-0.15, -0.1) is 6.58 Å². The van der Waals surface area contributed by atoms with Gasteiger partial charge in [0.1, 0.15) is 0 Å². The minimum Gasteiger partial charge on any atom is -0.368 e. The van der Waals surface area contributed by atoms with Crippen LogP contribution in [0, 0.1) is 17.3 Å². The lowest BCUT2D eigenvalue weighted by Gasteiger charge is -2.42. The Morgan fingerprint density at radius 2 is 1.85 bits per heavy atom. The Bertz CT molecular complexity index is 322. The van der Waals surface area contributed by atoms with Crippen LogP contribution in [-0.2, 0) is 0 Å². The van der Waals surface area contributed by atoms with E-state index in [-0.39, 0.29) is 11.3 Å². The van der Waals surface area contributed by atoms with Crippen LogP contribution in [0.2, 0.25) is 0 Å². The fraction of sp³-hybridized carbons (Fsp3) is 0.778. The number of hydrogen-bond donors (Lipinski definition) is 2. The predicted molar refractivity (Wildman–Crippen MR) is 85.3 cm³/mol. The molecule has 1 rings (SSSR count). The molecule has 0 amide bonds. The lowest BCUT2D eigenvalue weighted by molar-refractivity contribution is -0.136. The average Bonchev–Trinajstić information content (AvgIpc) is 2.39. The molecule has 1 fully saturated rings. The Labute approximate surface area is 124 Å². The van der Waals surface area contributed by atoms with Gasteiger partial charge in [0.05, 0.1) is 0 Å². The topological polar surface area (TPSA) is 40.5 Å². The minimum atomic E-state index is -1.24. The standard InChI is InChI=1S/C18H32O2/c1-5-18(4,13-9-10-14(2)3)16(17(19)20)15-11-7-6-8-12-15/h5,10,15-17,19-20H,1,6-9,11-13H2,2-4H3. The second-order valence-electron chi connectivity index (χ2n) is 6.87. The van der Waals surface area contributed by atoms with E-state index in [1.54, 1.807) is 0 Å². The van der Waals surface area contributed by atoms with Crippen LogP contribution in [0.15, 0.2) is 24.3 Å². The first-order chi connectivity index (χ1) is 9.40. The molecule has 2 atom stereocenters. The maximum absolute atomic E-state index is 9.93. The van der Waals surface area contributed by atoms with Crippen LogP contribution in [-0.4, -0.2) is 16.5 Å². The third kappa shape index (κ3) is 4.75. The van der Waals surface area contributed by atoms with Crippen LogP contribution in [0.5, 0.6) is 0 Å². The average molecular weight is 280 g/mol. The molecule has 1 aliphatic carbocycles. The largest absolute Gasteiger partial charge is 0.368 e. The van der Waals surface area contributed by atoms with Crippen LogP contribution in [0.25, 0.3) is 0 Å². The first-order valence-electron chi connectivity index (χ1n) is 8.04. The quantitative estimate of drug-likeness (QED) is 0.535. The number of allylic oxidation sites excluding steroid dienone is 3. The van der Waals surface area contributed by atoms with Gasteiger partial charge >= 0.3 is 0 Å². The molecule has 0 spiro atoms. The van der Waals surface area contributed by atoms with Crippen molar-refractivity contribution in [2.75, 3.05) is 0 Å². The second-order valence-corrected chi connectivity index (χ2v) is 6.87. The zero-order valence-corrected chi connectivity index (χ0v) is 13.4. The highest BCUT2D eigenvalue weighted by Gasteiger charge is 2.40. The summed E-state index contributed by atoms with van der Waals surface area (Å²) in [7, 11) is 0. The monoisotopic (exact) mass is 280 g/mol. The minimum absolute atomic E-state index is 0.0918. The van der Waals surface area contributed by atoms with E-state index in [0.29, 0.717) is 5.92 Å². The lowest BCUT2D eigenvalue weighted by Crippen LogP contribution is -2.41. The summed E-state index contributed by atoms with van der Waals surface area (Å²) in [6.45, 7) is 10.3. The van der Waals surface area contributed by atoms with E-state index in [4.69, 9.17) is 0 Å². The van der Waals surface area contributed by atoms with Gasteiger partial charge in [0.15, 0.2) is 6.29 Å². The number of aliphatic hydroxyl groups excluding tert-OH is 1. The normalized spacial score (nSPS) is 21.3. The third-order valence-corrected chi connectivity index (χ3v) is 4.94. The molecule has 0 radical (unpaired) electrons. The van der Waals surface area contributed by atoms with Gasteiger partial charge in [-0.2, -0.15) is 0 Å². The molecule has 20 heavy (non-hydrogen) atoms. The molecule has 0 aliphatic heterocycles. The van der Waals surface area contributed by atoms with Crippen molar-refractivity contribution < 1.29 is 10.2 Å². The number of rotatable bonds is 7. The first-order valence-corrected chi connectivity index (χ1v) is 8.04. The number of hydrogen-bond acceptors (Lipinski definition) is 2. The highest BCUT2D eigenvalue weighted by molar-refractivity contribution is 5.02. The summed E-state index contributed by atoms with van der Waals surface area (Å²) in [5.41, 5.74) is 1.11. The van der Waals surface area contributed by atoms with Crippen molar-refractivity contribution in [3.8, 4) is 0 Å². The summed E-state index contributed by atoms with van der Waals surface area (Å²) in [5.74, 6) is 0.323. The molecule has 0 saturated heterocycles. The van der Waals surface area contributed by atoms with Crippen LogP contribution in [0.3, 0.4) is 0 Å². The summed E-state index contributed by atoms with van der Waals surface area (Å²) < 4.78 is 0. The van der Waals surface area contributed by atoms with Crippen molar-refractivity contribution in [2.24, 2.45) is 17.3 Å². The lowest BCUT2D eigenvalue weighted by atomic mass is 9.64. The maximum Gasteiger partial charge on any atom is 0.155 e. The fourth-order valence-corrected chi connectivity index (χ4v) is 3.69. The van der Waals surface area contributed by atoms with Crippen LogP contribution in [0.4, 0.5) is 0 Å². The highest BCUT2D eigenvalue weighted by atomic mass is 16.5. The molecule has 1 saturated carbocycles. The van der Waals surface area contributed by atoms with Gasteiger partial charge in [-0.3, -0.25) is 0 Å². The van der Waals surface area contributed by atoms with Crippen LogP contribution in [0.1, 0.15) is 65.7 Å². The van der Waals surface area contributed by atoms with E-state index in [1.807, 2.05) is 6.08 Å². The summed E-state index contributed by atoms with van der Waals surface area (Å²) in [5, 5.41) is 19.9. The molecule has 0 aromatic carbocycles. The van der Waals surface area contributed by atoms with Gasteiger partial charge in [0, 0.05) is 5.92 Å². The van der Waals surface area contributed by atoms with E-state index < -0.39 is 6.29 Å². The van der Waals surface area contributed by atoms with Gasteiger partial charge in [-0.25, -0.2) is 0 Å². The van der Waals surface area contributed by atoms with Gasteiger partial charge in [-0.1, -0.05) is 43.9 Å². The Balaban J connectivity index is 2.83. The second kappa shape index (κ2) is 7.99. The van der Waals surface area contributed by atoms with Crippen molar-refractivity contribution >= 4 is 0 Å². The summed E-state index contributed by atoms with van der Waals surface area (Å²) >= 11 is 0. The molecule has 116 valence electrons. The molecule has 1 aliphatic rings. The molecule has 0 heterocycles. The van der Waals surface area contributed by atoms with E-state index in [9.17, 15) is 10.2 Å². The van der Waals surface area contributed by atoms with Gasteiger partial charge in [0.2, 0.25) is 0 Å². The Morgan fingerprint density at radius 1 is 1.25 bits per heavy atom. The van der Waals surface area contributed by atoms with E-state index in [2.05, 4.69) is 33.4 Å². The van der Waals surface area contributed by atoms with Crippen molar-refractivity contribution in [1.29, 1.82) is 0 Å². The summed E-state index contributed by atoms with van der Waals surface area (Å²) in [6, 6.07) is 0. The SMILES string of the molecule is C=CC(C)(CCC=C(C)C)C(C(O)O)C1CCCCC1. The molecule has 0 bridgehead atoms. The van der Waals surface area contributed by atoms with E-state index in [1.165, 1.54) is 24.8 Å². The zero-order valence-electron chi connectivity index (χ0n) is 13.4. The summed E-state index contributed by atoms with van der Waals surface area (Å²) in [6.07, 6.45) is 10.8. The molecular formula is C18H32O2. The highest BCUT2D eigenvalue weighted by Crippen LogP contribution is 2.45. The van der Waals surface area contributed by atoms with Gasteiger partial charge in [0.25, 0.3) is 0 Å². The van der Waals surface area contributed by atoms with Gasteiger partial charge < -0.3 is 10.2 Å². The predicted octanol–water partition coefficient (Wildman–Crippen LogP) is 4.43. The Morgan fingerprint density at radius 3 is 2.30 bits per heavy atom. The number of aliphatic hydroxyl groups is 2. The molecule has 0 aromatic heterocycles. The molecule has 2 unspecified atom stereocenters. The van der Waals surface area contributed by atoms with E-state index in [0.717, 1.165) is 25.7 Å². The summed E-state index contributed by atoms with van der Waals surface area (Å²) in [4.78, 5) is 0. The third-order valence-electron chi connectivity index (χ3n) is 4.94. The fourth-order valence-electron chi connectivity index (χ4n) is 3.69.